The van der Waals surface area contributed by atoms with Gasteiger partial charge in [-0.2, -0.15) is 72.3 Å². The number of hydrogen-bond donors (Lipinski definition) is 2. The van der Waals surface area contributed by atoms with Crippen LogP contribution in [0.4, 0.5) is 0 Å². The van der Waals surface area contributed by atoms with Crippen LogP contribution in [0, 0.1) is 35.5 Å². The molecule has 0 aromatic heterocycles. The van der Waals surface area contributed by atoms with Gasteiger partial charge in [0.15, 0.2) is 0 Å². The van der Waals surface area contributed by atoms with E-state index in [0.717, 1.165) is 82.4 Å². The molecule has 4 saturated carbocycles. The molecule has 0 radical (unpaired) electrons. The minimum atomic E-state index is -2.45. The van der Waals surface area contributed by atoms with Crippen molar-refractivity contribution < 1.29 is 26.6 Å². The first-order chi connectivity index (χ1) is 30.4. The van der Waals surface area contributed by atoms with Crippen LogP contribution in [0.2, 0.25) is 12.1 Å². The van der Waals surface area contributed by atoms with Gasteiger partial charge < -0.3 is 26.6 Å². The van der Waals surface area contributed by atoms with Crippen LogP contribution in [-0.2, 0) is 26.6 Å². The third-order valence-corrected chi connectivity index (χ3v) is 25.8. The van der Waals surface area contributed by atoms with Crippen molar-refractivity contribution in [2.24, 2.45) is 35.5 Å². The molecule has 0 spiro atoms. The third-order valence-electron chi connectivity index (χ3n) is 13.6. The van der Waals surface area contributed by atoms with Crippen LogP contribution in [0.3, 0.4) is 0 Å². The van der Waals surface area contributed by atoms with E-state index in [0.29, 0.717) is 39.6 Å². The van der Waals surface area contributed by atoms with Gasteiger partial charge in [0.05, 0.1) is 0 Å². The Morgan fingerprint density at radius 1 is 0.419 bits per heavy atom. The monoisotopic (exact) mass is 1020 g/mol. The Bertz CT molecular complexity index is 1040. The molecule has 62 heavy (non-hydrogen) atoms. The molecule has 4 fully saturated rings. The SMILES string of the molecule is CCO[Si](CCCSCCC1CC2CC(SCCCCCCS)C1C2)(OCC)OCC.CCO[Si](CCCSCCC1CC2CC1CC2SCCCCCCS)(OCC)OCC. The summed E-state index contributed by atoms with van der Waals surface area (Å²) in [7, 11) is -4.89. The van der Waals surface area contributed by atoms with Crippen LogP contribution in [0.5, 0.6) is 0 Å². The molecule has 4 rings (SSSR count). The van der Waals surface area contributed by atoms with Crippen LogP contribution >= 0.6 is 72.3 Å². The van der Waals surface area contributed by atoms with E-state index in [1.807, 2.05) is 41.5 Å². The molecule has 0 aliphatic heterocycles. The lowest BCUT2D eigenvalue weighted by atomic mass is 9.86. The number of hydrogen-bond acceptors (Lipinski definition) is 12. The lowest BCUT2D eigenvalue weighted by molar-refractivity contribution is 0.0704. The van der Waals surface area contributed by atoms with Crippen LogP contribution in [0.15, 0.2) is 0 Å². The summed E-state index contributed by atoms with van der Waals surface area (Å²) >= 11 is 17.5. The maximum absolute atomic E-state index is 5.98. The average Bonchev–Trinajstić information content (AvgIpc) is 4.06. The molecule has 14 heteroatoms. The van der Waals surface area contributed by atoms with Gasteiger partial charge in [0.25, 0.3) is 0 Å². The highest BCUT2D eigenvalue weighted by molar-refractivity contribution is 8.00. The summed E-state index contributed by atoms with van der Waals surface area (Å²) in [5, 5.41) is 1.95. The Kier molecular flexibility index (Phi) is 34.3. The molecule has 4 aliphatic rings. The van der Waals surface area contributed by atoms with Gasteiger partial charge in [-0.1, -0.05) is 25.7 Å². The van der Waals surface area contributed by atoms with Crippen LogP contribution in [0.25, 0.3) is 0 Å². The lowest BCUT2D eigenvalue weighted by Gasteiger charge is -2.29. The molecular formula is C48H96O6S6Si2. The number of fused-ring (bicyclic) bond motifs is 4. The number of rotatable bonds is 40. The quantitative estimate of drug-likeness (QED) is 0.0353. The molecule has 8 unspecified atom stereocenters. The summed E-state index contributed by atoms with van der Waals surface area (Å²) in [4.78, 5) is 0. The topological polar surface area (TPSA) is 55.4 Å². The van der Waals surface area contributed by atoms with Crippen molar-refractivity contribution >= 4 is 89.9 Å². The second kappa shape index (κ2) is 36.3. The summed E-state index contributed by atoms with van der Waals surface area (Å²) in [6.07, 6.45) is 25.1. The second-order valence-electron chi connectivity index (χ2n) is 18.1. The Balaban J connectivity index is 0.000000330. The smallest absolute Gasteiger partial charge is 0.374 e. The molecule has 8 atom stereocenters. The molecule has 368 valence electrons. The summed E-state index contributed by atoms with van der Waals surface area (Å²) in [5.41, 5.74) is 0. The molecule has 4 bridgehead atoms. The second-order valence-corrected chi connectivity index (χ2v) is 29.6. The molecular weight excluding hydrogens is 921 g/mol. The largest absolute Gasteiger partial charge is 0.500 e. The van der Waals surface area contributed by atoms with Gasteiger partial charge in [0.2, 0.25) is 0 Å². The summed E-state index contributed by atoms with van der Waals surface area (Å²) in [6.45, 7) is 16.3. The fourth-order valence-electron chi connectivity index (χ4n) is 10.9. The van der Waals surface area contributed by atoms with E-state index in [4.69, 9.17) is 26.6 Å². The molecule has 6 nitrogen and oxygen atoms in total. The van der Waals surface area contributed by atoms with Crippen molar-refractivity contribution in [1.82, 2.24) is 0 Å². The third kappa shape index (κ3) is 22.4. The van der Waals surface area contributed by atoms with Gasteiger partial charge in [0.1, 0.15) is 0 Å². The Morgan fingerprint density at radius 2 is 0.887 bits per heavy atom. The Hall–Kier alpha value is 2.29. The first kappa shape index (κ1) is 58.6. The summed E-state index contributed by atoms with van der Waals surface area (Å²) in [6, 6.07) is 1.91. The normalized spacial score (nSPS) is 25.5. The number of thioether (sulfide) groups is 4. The molecule has 0 heterocycles. The Labute approximate surface area is 414 Å². The maximum Gasteiger partial charge on any atom is 0.500 e. The van der Waals surface area contributed by atoms with E-state index in [2.05, 4.69) is 72.3 Å². The van der Waals surface area contributed by atoms with E-state index in [1.54, 1.807) is 0 Å². The molecule has 0 saturated heterocycles. The van der Waals surface area contributed by atoms with Crippen LogP contribution < -0.4 is 0 Å². The summed E-state index contributed by atoms with van der Waals surface area (Å²) < 4.78 is 35.9. The van der Waals surface area contributed by atoms with E-state index < -0.39 is 17.6 Å². The standard InChI is InChI=1S/2C24H48O3S3Si/c1-4-25-31(26-5-2,27-6-3)17-11-14-29-16-12-22-18-21-19-23(22)24(20-21)30-15-10-8-7-9-13-28;1-4-25-31(26-5-2,27-6-3)17-11-14-29-16-12-21-18-23-19-22(21)20-24(23)30-15-10-8-7-9-13-28/h2*21-24,28H,4-20H2,1-3H3. The van der Waals surface area contributed by atoms with Gasteiger partial charge in [-0.15, -0.1) is 0 Å². The van der Waals surface area contributed by atoms with E-state index >= 15 is 0 Å². The first-order valence-corrected chi connectivity index (χ1v) is 35.3. The van der Waals surface area contributed by atoms with Gasteiger partial charge in [-0.05, 0) is 213 Å². The lowest BCUT2D eigenvalue weighted by Crippen LogP contribution is -2.46. The van der Waals surface area contributed by atoms with Gasteiger partial charge >= 0.3 is 17.6 Å². The minimum absolute atomic E-state index is 0.679. The predicted molar refractivity (Wildman–Crippen MR) is 290 cm³/mol. The zero-order chi connectivity index (χ0) is 44.7. The molecule has 0 N–H and O–H groups in total. The first-order valence-electron chi connectivity index (χ1n) is 25.8. The van der Waals surface area contributed by atoms with Gasteiger partial charge in [0, 0.05) is 62.2 Å². The zero-order valence-corrected chi connectivity index (χ0v) is 47.7. The number of unbranched alkanes of at least 4 members (excludes halogenated alkanes) is 6. The summed E-state index contributed by atoms with van der Waals surface area (Å²) in [5.74, 6) is 16.0. The minimum Gasteiger partial charge on any atom is -0.374 e. The highest BCUT2D eigenvalue weighted by atomic mass is 32.2. The zero-order valence-electron chi connectivity index (χ0n) is 40.6. The fourth-order valence-corrected chi connectivity index (χ4v) is 22.4. The van der Waals surface area contributed by atoms with Crippen molar-refractivity contribution in [2.75, 3.05) is 85.7 Å². The molecule has 4 aliphatic carbocycles. The van der Waals surface area contributed by atoms with Crippen molar-refractivity contribution in [3.8, 4) is 0 Å². The van der Waals surface area contributed by atoms with E-state index in [1.165, 1.54) is 137 Å². The fraction of sp³-hybridized carbons (Fsp3) is 1.00. The van der Waals surface area contributed by atoms with Crippen molar-refractivity contribution in [3.05, 3.63) is 0 Å². The highest BCUT2D eigenvalue weighted by Gasteiger charge is 2.47. The van der Waals surface area contributed by atoms with Gasteiger partial charge in [-0.3, -0.25) is 0 Å². The molecule has 0 aromatic carbocycles. The molecule has 0 aromatic rings. The van der Waals surface area contributed by atoms with Crippen LogP contribution in [-0.4, -0.2) is 114 Å². The molecule has 0 amide bonds. The predicted octanol–water partition coefficient (Wildman–Crippen LogP) is 14.4. The highest BCUT2D eigenvalue weighted by Crippen LogP contribution is 2.55. The Morgan fingerprint density at radius 3 is 1.32 bits per heavy atom. The number of thiol groups is 2. The van der Waals surface area contributed by atoms with Crippen LogP contribution in [0.1, 0.15) is 157 Å². The van der Waals surface area contributed by atoms with Crippen molar-refractivity contribution in [3.63, 3.8) is 0 Å². The maximum atomic E-state index is 5.98. The van der Waals surface area contributed by atoms with Gasteiger partial charge in [-0.25, -0.2) is 0 Å². The van der Waals surface area contributed by atoms with Crippen molar-refractivity contribution in [2.45, 2.75) is 180 Å². The van der Waals surface area contributed by atoms with Crippen molar-refractivity contribution in [1.29, 1.82) is 0 Å². The van der Waals surface area contributed by atoms with E-state index in [9.17, 15) is 0 Å². The van der Waals surface area contributed by atoms with E-state index in [-0.39, 0.29) is 0 Å². The average molecular weight is 1020 g/mol.